The number of aromatic nitrogens is 1. The van der Waals surface area contributed by atoms with E-state index in [1.807, 2.05) is 0 Å². The van der Waals surface area contributed by atoms with Gasteiger partial charge in [0.2, 0.25) is 0 Å². The van der Waals surface area contributed by atoms with Gasteiger partial charge in [-0.25, -0.2) is 0 Å². The first-order chi connectivity index (χ1) is 8.58. The second kappa shape index (κ2) is 4.70. The Kier molecular flexibility index (Phi) is 3.09. The van der Waals surface area contributed by atoms with E-state index in [0.29, 0.717) is 22.7 Å². The van der Waals surface area contributed by atoms with Crippen LogP contribution in [0.1, 0.15) is 5.56 Å². The Morgan fingerprint density at radius 3 is 2.72 bits per heavy atom. The number of hydrogen-bond acceptors (Lipinski definition) is 5. The van der Waals surface area contributed by atoms with Gasteiger partial charge in [0.15, 0.2) is 5.75 Å². The number of rotatable bonds is 3. The number of nitrogens with two attached hydrogens (primary N) is 1. The summed E-state index contributed by atoms with van der Waals surface area (Å²) >= 11 is 0. The third kappa shape index (κ3) is 2.37. The van der Waals surface area contributed by atoms with Crippen LogP contribution in [0, 0.1) is 17.0 Å². The van der Waals surface area contributed by atoms with Gasteiger partial charge in [0.1, 0.15) is 5.75 Å². The molecule has 2 aromatic rings. The van der Waals surface area contributed by atoms with E-state index >= 15 is 0 Å². The van der Waals surface area contributed by atoms with Crippen LogP contribution in [-0.2, 0) is 0 Å². The number of nitro benzene ring substituents is 1. The van der Waals surface area contributed by atoms with Crippen LogP contribution in [-0.4, -0.2) is 9.91 Å². The molecular weight excluding hydrogens is 234 g/mol. The van der Waals surface area contributed by atoms with Crippen molar-refractivity contribution in [2.75, 3.05) is 5.73 Å². The zero-order valence-corrected chi connectivity index (χ0v) is 9.66. The lowest BCUT2D eigenvalue weighted by molar-refractivity contribution is -0.384. The number of benzene rings is 1. The fourth-order valence-electron chi connectivity index (χ4n) is 1.47. The average Bonchev–Trinajstić information content (AvgIpc) is 2.34. The Hall–Kier alpha value is -2.63. The van der Waals surface area contributed by atoms with Gasteiger partial charge in [-0.15, -0.1) is 0 Å². The van der Waals surface area contributed by atoms with Crippen molar-refractivity contribution in [3.05, 3.63) is 52.3 Å². The quantitative estimate of drug-likeness (QED) is 0.663. The molecule has 0 unspecified atom stereocenters. The molecule has 0 spiro atoms. The normalized spacial score (nSPS) is 10.1. The zero-order chi connectivity index (χ0) is 13.1. The van der Waals surface area contributed by atoms with Crippen molar-refractivity contribution in [1.82, 2.24) is 4.98 Å². The van der Waals surface area contributed by atoms with E-state index in [0.717, 1.165) is 0 Å². The van der Waals surface area contributed by atoms with Crippen molar-refractivity contribution in [1.29, 1.82) is 0 Å². The van der Waals surface area contributed by atoms with Gasteiger partial charge < -0.3 is 10.5 Å². The van der Waals surface area contributed by atoms with Gasteiger partial charge in [0.25, 0.3) is 5.69 Å². The monoisotopic (exact) mass is 245 g/mol. The summed E-state index contributed by atoms with van der Waals surface area (Å²) in [6.07, 6.45) is 3.04. The van der Waals surface area contributed by atoms with E-state index < -0.39 is 4.92 Å². The minimum atomic E-state index is -0.447. The third-order valence-corrected chi connectivity index (χ3v) is 2.40. The van der Waals surface area contributed by atoms with Crippen LogP contribution >= 0.6 is 0 Å². The maximum Gasteiger partial charge on any atom is 0.269 e. The summed E-state index contributed by atoms with van der Waals surface area (Å²) in [7, 11) is 0. The average molecular weight is 245 g/mol. The Bertz CT molecular complexity index is 599. The third-order valence-electron chi connectivity index (χ3n) is 2.40. The summed E-state index contributed by atoms with van der Waals surface area (Å²) in [6.45, 7) is 1.74. The second-order valence-electron chi connectivity index (χ2n) is 3.72. The molecule has 1 aromatic heterocycles. The van der Waals surface area contributed by atoms with Crippen LogP contribution in [0.5, 0.6) is 11.5 Å². The lowest BCUT2D eigenvalue weighted by atomic mass is 10.2. The van der Waals surface area contributed by atoms with Gasteiger partial charge in [0.05, 0.1) is 16.8 Å². The van der Waals surface area contributed by atoms with E-state index in [1.165, 1.54) is 18.3 Å². The largest absolute Gasteiger partial charge is 0.455 e. The number of nitrogen functional groups attached to an aromatic ring is 1. The molecule has 1 aromatic carbocycles. The van der Waals surface area contributed by atoms with Gasteiger partial charge >= 0.3 is 0 Å². The Balaban J connectivity index is 2.30. The number of nitrogens with zero attached hydrogens (tertiary/aromatic N) is 2. The van der Waals surface area contributed by atoms with Crippen LogP contribution in [0.3, 0.4) is 0 Å². The topological polar surface area (TPSA) is 91.3 Å². The molecule has 2 rings (SSSR count). The highest BCUT2D eigenvalue weighted by atomic mass is 16.6. The molecule has 0 amide bonds. The molecule has 0 bridgehead atoms. The Morgan fingerprint density at radius 2 is 2.11 bits per heavy atom. The molecule has 0 fully saturated rings. The molecule has 18 heavy (non-hydrogen) atoms. The molecule has 0 saturated heterocycles. The molecule has 0 aliphatic carbocycles. The summed E-state index contributed by atoms with van der Waals surface area (Å²) in [5.41, 5.74) is 6.81. The van der Waals surface area contributed by atoms with Crippen LogP contribution in [0.15, 0.2) is 36.7 Å². The molecular formula is C12H11N3O3. The van der Waals surface area contributed by atoms with Crippen molar-refractivity contribution < 1.29 is 9.66 Å². The van der Waals surface area contributed by atoms with Crippen LogP contribution < -0.4 is 10.5 Å². The predicted octanol–water partition coefficient (Wildman–Crippen LogP) is 2.67. The fourth-order valence-corrected chi connectivity index (χ4v) is 1.47. The number of nitro groups is 1. The van der Waals surface area contributed by atoms with Gasteiger partial charge in [-0.05, 0) is 18.6 Å². The zero-order valence-electron chi connectivity index (χ0n) is 9.66. The molecule has 0 aliphatic rings. The minimum Gasteiger partial charge on any atom is -0.455 e. The van der Waals surface area contributed by atoms with Crippen molar-refractivity contribution in [2.24, 2.45) is 0 Å². The predicted molar refractivity (Wildman–Crippen MR) is 66.6 cm³/mol. The highest BCUT2D eigenvalue weighted by molar-refractivity contribution is 5.53. The smallest absolute Gasteiger partial charge is 0.269 e. The maximum atomic E-state index is 10.6. The molecule has 1 heterocycles. The van der Waals surface area contributed by atoms with Crippen LogP contribution in [0.4, 0.5) is 11.4 Å². The van der Waals surface area contributed by atoms with Gasteiger partial charge in [-0.2, -0.15) is 0 Å². The molecule has 6 nitrogen and oxygen atoms in total. The molecule has 92 valence electrons. The Morgan fingerprint density at radius 1 is 1.33 bits per heavy atom. The molecule has 0 radical (unpaired) electrons. The lowest BCUT2D eigenvalue weighted by Crippen LogP contribution is -1.95. The van der Waals surface area contributed by atoms with Crippen molar-refractivity contribution in [3.8, 4) is 11.5 Å². The number of ether oxygens (including phenoxy) is 1. The van der Waals surface area contributed by atoms with Gasteiger partial charge in [-0.3, -0.25) is 15.1 Å². The Labute approximate surface area is 103 Å². The summed E-state index contributed by atoms with van der Waals surface area (Å²) in [5, 5.41) is 10.6. The summed E-state index contributed by atoms with van der Waals surface area (Å²) in [4.78, 5) is 14.0. The highest BCUT2D eigenvalue weighted by Crippen LogP contribution is 2.30. The molecule has 0 atom stereocenters. The standard InChI is InChI=1S/C12H11N3O3/c1-8-6-9(15(16)17)2-3-11(8)18-12-4-5-14-7-10(12)13/h2-7H,13H2,1H3. The highest BCUT2D eigenvalue weighted by Gasteiger charge is 2.10. The SMILES string of the molecule is Cc1cc([N+](=O)[O-])ccc1Oc1ccncc1N. The molecule has 2 N–H and O–H groups in total. The maximum absolute atomic E-state index is 10.6. The fraction of sp³-hybridized carbons (Fsp3) is 0.0833. The number of anilines is 1. The van der Waals surface area contributed by atoms with Crippen molar-refractivity contribution in [3.63, 3.8) is 0 Å². The number of non-ortho nitro benzene ring substituents is 1. The number of hydrogen-bond donors (Lipinski definition) is 1. The van der Waals surface area contributed by atoms with Crippen LogP contribution in [0.25, 0.3) is 0 Å². The molecule has 6 heteroatoms. The lowest BCUT2D eigenvalue weighted by Gasteiger charge is -2.09. The van der Waals surface area contributed by atoms with Crippen LogP contribution in [0.2, 0.25) is 0 Å². The molecule has 0 saturated carbocycles. The van der Waals surface area contributed by atoms with Crippen molar-refractivity contribution in [2.45, 2.75) is 6.92 Å². The van der Waals surface area contributed by atoms with Gasteiger partial charge in [-0.1, -0.05) is 0 Å². The second-order valence-corrected chi connectivity index (χ2v) is 3.72. The summed E-state index contributed by atoms with van der Waals surface area (Å²) in [6, 6.07) is 6.02. The van der Waals surface area contributed by atoms with Crippen molar-refractivity contribution >= 4 is 11.4 Å². The van der Waals surface area contributed by atoms with E-state index in [2.05, 4.69) is 4.98 Å². The first kappa shape index (κ1) is 11.8. The van der Waals surface area contributed by atoms with E-state index in [9.17, 15) is 10.1 Å². The first-order valence-corrected chi connectivity index (χ1v) is 5.20. The number of pyridine rings is 1. The first-order valence-electron chi connectivity index (χ1n) is 5.20. The van der Waals surface area contributed by atoms with Gasteiger partial charge in [0, 0.05) is 24.4 Å². The molecule has 0 aliphatic heterocycles. The number of aryl methyl sites for hydroxylation is 1. The van der Waals surface area contributed by atoms with E-state index in [4.69, 9.17) is 10.5 Å². The minimum absolute atomic E-state index is 0.0301. The summed E-state index contributed by atoms with van der Waals surface area (Å²) < 4.78 is 5.59. The van der Waals surface area contributed by atoms with E-state index in [1.54, 1.807) is 25.3 Å². The van der Waals surface area contributed by atoms with E-state index in [-0.39, 0.29) is 5.69 Å². The summed E-state index contributed by atoms with van der Waals surface area (Å²) in [5.74, 6) is 1.00.